The minimum Gasteiger partial charge on any atom is -0.459 e. The summed E-state index contributed by atoms with van der Waals surface area (Å²) in [7, 11) is 0. The maximum atomic E-state index is 11.7. The second-order valence-corrected chi connectivity index (χ2v) is 5.20. The summed E-state index contributed by atoms with van der Waals surface area (Å²) < 4.78 is 5.16. The second kappa shape index (κ2) is 6.57. The van der Waals surface area contributed by atoms with E-state index in [1.165, 1.54) is 0 Å². The smallest absolute Gasteiger partial charge is 0.338 e. The summed E-state index contributed by atoms with van der Waals surface area (Å²) in [6, 6.07) is 8.04. The van der Waals surface area contributed by atoms with Gasteiger partial charge in [0.1, 0.15) is 0 Å². The largest absolute Gasteiger partial charge is 0.459 e. The normalized spacial score (nSPS) is 16.4. The molecule has 0 aliphatic carbocycles. The maximum Gasteiger partial charge on any atom is 0.338 e. The molecule has 1 aliphatic heterocycles. The van der Waals surface area contributed by atoms with Gasteiger partial charge in [0.05, 0.1) is 11.7 Å². The Hall–Kier alpha value is -1.55. The first kappa shape index (κ1) is 13.9. The average molecular weight is 262 g/mol. The molecule has 0 unspecified atom stereocenters. The van der Waals surface area contributed by atoms with Gasteiger partial charge in [0.25, 0.3) is 0 Å². The summed E-state index contributed by atoms with van der Waals surface area (Å²) >= 11 is 0. The van der Waals surface area contributed by atoms with Crippen LogP contribution in [0.3, 0.4) is 0 Å². The highest BCUT2D eigenvalue weighted by Crippen LogP contribution is 2.15. The highest BCUT2D eigenvalue weighted by Gasteiger charge is 2.13. The van der Waals surface area contributed by atoms with E-state index < -0.39 is 0 Å². The molecule has 0 amide bonds. The van der Waals surface area contributed by atoms with E-state index >= 15 is 0 Å². The van der Waals surface area contributed by atoms with E-state index in [1.807, 2.05) is 38.1 Å². The Morgan fingerprint density at radius 3 is 2.47 bits per heavy atom. The quantitative estimate of drug-likeness (QED) is 0.818. The lowest BCUT2D eigenvalue weighted by molar-refractivity contribution is 0.0378. The van der Waals surface area contributed by atoms with Crippen molar-refractivity contribution in [2.75, 3.05) is 18.4 Å². The second-order valence-electron chi connectivity index (χ2n) is 5.20. The summed E-state index contributed by atoms with van der Waals surface area (Å²) in [6.07, 6.45) is 2.19. The molecular weight excluding hydrogens is 240 g/mol. The maximum absolute atomic E-state index is 11.7. The SMILES string of the molecule is CC(C)OC(=O)c1ccc(NC2CCNCC2)cc1. The van der Waals surface area contributed by atoms with Crippen molar-refractivity contribution in [3.05, 3.63) is 29.8 Å². The van der Waals surface area contributed by atoms with Crippen molar-refractivity contribution < 1.29 is 9.53 Å². The molecular formula is C15H22N2O2. The summed E-state index contributed by atoms with van der Waals surface area (Å²) in [4.78, 5) is 11.7. The number of ether oxygens (including phenoxy) is 1. The zero-order valence-electron chi connectivity index (χ0n) is 11.6. The highest BCUT2D eigenvalue weighted by atomic mass is 16.5. The first-order valence-electron chi connectivity index (χ1n) is 6.93. The molecule has 1 aromatic rings. The van der Waals surface area contributed by atoms with Crippen LogP contribution in [0, 0.1) is 0 Å². The van der Waals surface area contributed by atoms with Gasteiger partial charge in [0.2, 0.25) is 0 Å². The molecule has 19 heavy (non-hydrogen) atoms. The third-order valence-corrected chi connectivity index (χ3v) is 3.17. The Kier molecular flexibility index (Phi) is 4.80. The van der Waals surface area contributed by atoms with Gasteiger partial charge < -0.3 is 15.4 Å². The number of rotatable bonds is 4. The van der Waals surface area contributed by atoms with Gasteiger partial charge in [-0.1, -0.05) is 0 Å². The molecule has 0 atom stereocenters. The number of carbonyl (C=O) groups is 1. The summed E-state index contributed by atoms with van der Waals surface area (Å²) in [5.74, 6) is -0.261. The van der Waals surface area contributed by atoms with Gasteiger partial charge in [-0.15, -0.1) is 0 Å². The lowest BCUT2D eigenvalue weighted by Crippen LogP contribution is -2.35. The Morgan fingerprint density at radius 2 is 1.89 bits per heavy atom. The molecule has 2 rings (SSSR count). The van der Waals surface area contributed by atoms with E-state index in [2.05, 4.69) is 10.6 Å². The number of anilines is 1. The van der Waals surface area contributed by atoms with Crippen LogP contribution < -0.4 is 10.6 Å². The summed E-state index contributed by atoms with van der Waals surface area (Å²) in [6.45, 7) is 5.84. The lowest BCUT2D eigenvalue weighted by atomic mass is 10.1. The van der Waals surface area contributed by atoms with E-state index in [1.54, 1.807) is 0 Å². The van der Waals surface area contributed by atoms with Crippen LogP contribution in [-0.2, 0) is 4.74 Å². The Bertz CT molecular complexity index is 409. The fourth-order valence-electron chi connectivity index (χ4n) is 2.19. The van der Waals surface area contributed by atoms with Crippen molar-refractivity contribution in [3.8, 4) is 0 Å². The van der Waals surface area contributed by atoms with E-state index in [-0.39, 0.29) is 12.1 Å². The van der Waals surface area contributed by atoms with Crippen molar-refractivity contribution in [3.63, 3.8) is 0 Å². The number of nitrogens with one attached hydrogen (secondary N) is 2. The number of piperidine rings is 1. The van der Waals surface area contributed by atoms with Crippen LogP contribution in [0.1, 0.15) is 37.0 Å². The van der Waals surface area contributed by atoms with E-state index in [0.29, 0.717) is 11.6 Å². The van der Waals surface area contributed by atoms with Crippen LogP contribution in [0.15, 0.2) is 24.3 Å². The third-order valence-electron chi connectivity index (χ3n) is 3.17. The molecule has 104 valence electrons. The van der Waals surface area contributed by atoms with Gasteiger partial charge >= 0.3 is 5.97 Å². The van der Waals surface area contributed by atoms with Crippen LogP contribution in [0.5, 0.6) is 0 Å². The number of hydrogen-bond acceptors (Lipinski definition) is 4. The average Bonchev–Trinajstić information content (AvgIpc) is 2.40. The van der Waals surface area contributed by atoms with Gasteiger partial charge in [0, 0.05) is 11.7 Å². The molecule has 1 aromatic carbocycles. The predicted octanol–water partition coefficient (Wildman–Crippen LogP) is 2.42. The first-order valence-corrected chi connectivity index (χ1v) is 6.93. The van der Waals surface area contributed by atoms with Crippen LogP contribution >= 0.6 is 0 Å². The molecule has 4 heteroatoms. The third kappa shape index (κ3) is 4.24. The Balaban J connectivity index is 1.92. The topological polar surface area (TPSA) is 50.4 Å². The van der Waals surface area contributed by atoms with Gasteiger partial charge in [-0.2, -0.15) is 0 Å². The minimum absolute atomic E-state index is 0.0833. The number of esters is 1. The monoisotopic (exact) mass is 262 g/mol. The van der Waals surface area contributed by atoms with Crippen LogP contribution in [-0.4, -0.2) is 31.2 Å². The molecule has 1 heterocycles. The van der Waals surface area contributed by atoms with Crippen molar-refractivity contribution in [2.24, 2.45) is 0 Å². The zero-order chi connectivity index (χ0) is 13.7. The number of hydrogen-bond donors (Lipinski definition) is 2. The predicted molar refractivity (Wildman–Crippen MR) is 76.5 cm³/mol. The standard InChI is InChI=1S/C15H22N2O2/c1-11(2)19-15(18)12-3-5-13(6-4-12)17-14-7-9-16-10-8-14/h3-6,11,14,16-17H,7-10H2,1-2H3. The molecule has 1 aliphatic rings. The van der Waals surface area contributed by atoms with Gasteiger partial charge in [-0.3, -0.25) is 0 Å². The molecule has 0 bridgehead atoms. The van der Waals surface area contributed by atoms with Gasteiger partial charge in [-0.05, 0) is 64.0 Å². The van der Waals surface area contributed by atoms with E-state index in [0.717, 1.165) is 31.6 Å². The molecule has 0 radical (unpaired) electrons. The van der Waals surface area contributed by atoms with E-state index in [4.69, 9.17) is 4.74 Å². The fourth-order valence-corrected chi connectivity index (χ4v) is 2.19. The molecule has 0 spiro atoms. The van der Waals surface area contributed by atoms with E-state index in [9.17, 15) is 4.79 Å². The van der Waals surface area contributed by atoms with Crippen LogP contribution in [0.25, 0.3) is 0 Å². The van der Waals surface area contributed by atoms with Crippen LogP contribution in [0.2, 0.25) is 0 Å². The molecule has 1 fully saturated rings. The molecule has 0 saturated carbocycles. The molecule has 0 aromatic heterocycles. The first-order chi connectivity index (χ1) is 9.15. The van der Waals surface area contributed by atoms with Crippen molar-refractivity contribution in [2.45, 2.75) is 38.8 Å². The summed E-state index contributed by atoms with van der Waals surface area (Å²) in [5, 5.41) is 6.84. The van der Waals surface area contributed by atoms with Crippen molar-refractivity contribution in [1.82, 2.24) is 5.32 Å². The lowest BCUT2D eigenvalue weighted by Gasteiger charge is -2.24. The number of carbonyl (C=O) groups excluding carboxylic acids is 1. The molecule has 1 saturated heterocycles. The highest BCUT2D eigenvalue weighted by molar-refractivity contribution is 5.89. The minimum atomic E-state index is -0.261. The fraction of sp³-hybridized carbons (Fsp3) is 0.533. The zero-order valence-corrected chi connectivity index (χ0v) is 11.6. The van der Waals surface area contributed by atoms with Crippen molar-refractivity contribution in [1.29, 1.82) is 0 Å². The summed E-state index contributed by atoms with van der Waals surface area (Å²) in [5.41, 5.74) is 1.66. The van der Waals surface area contributed by atoms with Crippen molar-refractivity contribution >= 4 is 11.7 Å². The number of benzene rings is 1. The molecule has 4 nitrogen and oxygen atoms in total. The Labute approximate surface area is 114 Å². The van der Waals surface area contributed by atoms with Gasteiger partial charge in [-0.25, -0.2) is 4.79 Å². The Morgan fingerprint density at radius 1 is 1.26 bits per heavy atom. The molecule has 2 N–H and O–H groups in total. The van der Waals surface area contributed by atoms with Crippen LogP contribution in [0.4, 0.5) is 5.69 Å². The van der Waals surface area contributed by atoms with Gasteiger partial charge in [0.15, 0.2) is 0 Å².